The van der Waals surface area contributed by atoms with E-state index in [1.807, 2.05) is 25.1 Å². The summed E-state index contributed by atoms with van der Waals surface area (Å²) in [5.74, 6) is 2.10. The molecule has 0 saturated carbocycles. The third-order valence-electron chi connectivity index (χ3n) is 2.60. The topological polar surface area (TPSA) is 70.5 Å². The van der Waals surface area contributed by atoms with E-state index in [2.05, 4.69) is 5.16 Å². The first-order valence-electron chi connectivity index (χ1n) is 6.31. The van der Waals surface area contributed by atoms with Crippen LogP contribution in [-0.4, -0.2) is 18.3 Å². The molecular formula is C14H18N2O3. The van der Waals surface area contributed by atoms with Crippen LogP contribution in [0.1, 0.15) is 18.2 Å². The molecule has 2 rings (SSSR count). The minimum atomic E-state index is 0.330. The Labute approximate surface area is 112 Å². The fourth-order valence-electron chi connectivity index (χ4n) is 1.73. The van der Waals surface area contributed by atoms with Gasteiger partial charge in [-0.3, -0.25) is 0 Å². The Balaban J connectivity index is 2.09. The molecule has 0 atom stereocenters. The molecule has 0 unspecified atom stereocenters. The summed E-state index contributed by atoms with van der Waals surface area (Å²) in [6.45, 7) is 3.47. The number of hydrogen-bond acceptors (Lipinski definition) is 5. The molecule has 1 heterocycles. The number of benzene rings is 1. The molecule has 102 valence electrons. The molecule has 0 spiro atoms. The van der Waals surface area contributed by atoms with Crippen LogP contribution in [0, 0.1) is 0 Å². The Morgan fingerprint density at radius 3 is 2.79 bits per heavy atom. The molecule has 0 aliphatic heterocycles. The number of hydrogen-bond donors (Lipinski definition) is 1. The zero-order valence-corrected chi connectivity index (χ0v) is 11.0. The summed E-state index contributed by atoms with van der Waals surface area (Å²) in [4.78, 5) is 0. The van der Waals surface area contributed by atoms with E-state index in [1.54, 1.807) is 12.3 Å². The number of ether oxygens (including phenoxy) is 2. The van der Waals surface area contributed by atoms with Gasteiger partial charge in [-0.15, -0.1) is 0 Å². The van der Waals surface area contributed by atoms with Gasteiger partial charge >= 0.3 is 0 Å². The average Bonchev–Trinajstić information content (AvgIpc) is 2.92. The van der Waals surface area contributed by atoms with Gasteiger partial charge in [-0.05, 0) is 37.6 Å². The standard InChI is InChI=1S/C14H18N2O3/c1-2-17-14-9-11(5-7-15)3-4-13(14)18-10-12-6-8-16-19-12/h3-4,6,8-9H,2,5,7,10,15H2,1H3. The molecule has 5 heteroatoms. The Morgan fingerprint density at radius 2 is 2.11 bits per heavy atom. The van der Waals surface area contributed by atoms with E-state index in [0.717, 1.165) is 17.7 Å². The Hall–Kier alpha value is -2.01. The summed E-state index contributed by atoms with van der Waals surface area (Å²) in [7, 11) is 0. The minimum absolute atomic E-state index is 0.330. The van der Waals surface area contributed by atoms with Crippen LogP contribution in [0.25, 0.3) is 0 Å². The first-order chi connectivity index (χ1) is 9.33. The van der Waals surface area contributed by atoms with Crippen molar-refractivity contribution < 1.29 is 14.0 Å². The fourth-order valence-corrected chi connectivity index (χ4v) is 1.73. The van der Waals surface area contributed by atoms with Crippen molar-refractivity contribution in [3.8, 4) is 11.5 Å². The van der Waals surface area contributed by atoms with Crippen molar-refractivity contribution in [2.75, 3.05) is 13.2 Å². The second-order valence-corrected chi connectivity index (χ2v) is 4.02. The molecule has 0 fully saturated rings. The van der Waals surface area contributed by atoms with E-state index >= 15 is 0 Å². The molecular weight excluding hydrogens is 244 g/mol. The molecule has 0 aliphatic rings. The lowest BCUT2D eigenvalue weighted by Gasteiger charge is -2.12. The lowest BCUT2D eigenvalue weighted by atomic mass is 10.1. The molecule has 19 heavy (non-hydrogen) atoms. The predicted octanol–water partition coefficient (Wildman–Crippen LogP) is 2.15. The monoisotopic (exact) mass is 262 g/mol. The predicted molar refractivity (Wildman–Crippen MR) is 71.2 cm³/mol. The van der Waals surface area contributed by atoms with Gasteiger partial charge in [0.25, 0.3) is 0 Å². The molecule has 0 radical (unpaired) electrons. The molecule has 1 aromatic heterocycles. The van der Waals surface area contributed by atoms with Crippen molar-refractivity contribution in [1.82, 2.24) is 5.16 Å². The zero-order chi connectivity index (χ0) is 13.5. The van der Waals surface area contributed by atoms with Crippen LogP contribution in [-0.2, 0) is 13.0 Å². The summed E-state index contributed by atoms with van der Waals surface area (Å²) in [5.41, 5.74) is 6.69. The lowest BCUT2D eigenvalue weighted by Crippen LogP contribution is -2.04. The van der Waals surface area contributed by atoms with Crippen LogP contribution in [0.5, 0.6) is 11.5 Å². The smallest absolute Gasteiger partial charge is 0.174 e. The van der Waals surface area contributed by atoms with Gasteiger partial charge in [-0.25, -0.2) is 0 Å². The highest BCUT2D eigenvalue weighted by molar-refractivity contribution is 5.43. The zero-order valence-electron chi connectivity index (χ0n) is 11.0. The molecule has 2 N–H and O–H groups in total. The van der Waals surface area contributed by atoms with Crippen LogP contribution < -0.4 is 15.2 Å². The van der Waals surface area contributed by atoms with Crippen LogP contribution in [0.15, 0.2) is 35.0 Å². The van der Waals surface area contributed by atoms with E-state index in [-0.39, 0.29) is 0 Å². The van der Waals surface area contributed by atoms with Crippen molar-refractivity contribution in [3.63, 3.8) is 0 Å². The van der Waals surface area contributed by atoms with Crippen LogP contribution in [0.4, 0.5) is 0 Å². The van der Waals surface area contributed by atoms with Gasteiger partial charge in [0.15, 0.2) is 17.3 Å². The molecule has 0 aliphatic carbocycles. The van der Waals surface area contributed by atoms with Crippen LogP contribution in [0.2, 0.25) is 0 Å². The Bertz CT molecular complexity index is 497. The highest BCUT2D eigenvalue weighted by Gasteiger charge is 2.07. The highest BCUT2D eigenvalue weighted by Crippen LogP contribution is 2.29. The summed E-state index contributed by atoms with van der Waals surface area (Å²) >= 11 is 0. The number of aromatic nitrogens is 1. The summed E-state index contributed by atoms with van der Waals surface area (Å²) < 4.78 is 16.2. The SMILES string of the molecule is CCOc1cc(CCN)ccc1OCc1ccno1. The molecule has 0 bridgehead atoms. The summed E-state index contributed by atoms with van der Waals surface area (Å²) in [5, 5.41) is 3.63. The van der Waals surface area contributed by atoms with Gasteiger partial charge in [-0.1, -0.05) is 11.2 Å². The normalized spacial score (nSPS) is 10.4. The largest absolute Gasteiger partial charge is 0.490 e. The minimum Gasteiger partial charge on any atom is -0.490 e. The van der Waals surface area contributed by atoms with E-state index in [4.69, 9.17) is 19.7 Å². The van der Waals surface area contributed by atoms with Crippen molar-refractivity contribution >= 4 is 0 Å². The van der Waals surface area contributed by atoms with E-state index in [0.29, 0.717) is 31.3 Å². The number of nitrogens with zero attached hydrogens (tertiary/aromatic N) is 1. The number of nitrogens with two attached hydrogens (primary N) is 1. The van der Waals surface area contributed by atoms with Gasteiger partial charge in [0.1, 0.15) is 6.61 Å². The van der Waals surface area contributed by atoms with Crippen LogP contribution >= 0.6 is 0 Å². The summed E-state index contributed by atoms with van der Waals surface area (Å²) in [6, 6.07) is 7.62. The van der Waals surface area contributed by atoms with Crippen LogP contribution in [0.3, 0.4) is 0 Å². The van der Waals surface area contributed by atoms with Crippen molar-refractivity contribution in [3.05, 3.63) is 41.8 Å². The molecule has 0 saturated heterocycles. The maximum atomic E-state index is 5.68. The maximum Gasteiger partial charge on any atom is 0.174 e. The molecule has 5 nitrogen and oxygen atoms in total. The van der Waals surface area contributed by atoms with Gasteiger partial charge in [-0.2, -0.15) is 0 Å². The maximum absolute atomic E-state index is 5.68. The van der Waals surface area contributed by atoms with Gasteiger partial charge in [0.05, 0.1) is 12.8 Å². The molecule has 2 aromatic rings. The van der Waals surface area contributed by atoms with E-state index in [1.165, 1.54) is 0 Å². The van der Waals surface area contributed by atoms with Gasteiger partial charge in [0.2, 0.25) is 0 Å². The fraction of sp³-hybridized carbons (Fsp3) is 0.357. The first kappa shape index (κ1) is 13.4. The van der Waals surface area contributed by atoms with Crippen molar-refractivity contribution in [1.29, 1.82) is 0 Å². The van der Waals surface area contributed by atoms with Gasteiger partial charge < -0.3 is 19.7 Å². The molecule has 1 aromatic carbocycles. The van der Waals surface area contributed by atoms with E-state index < -0.39 is 0 Å². The lowest BCUT2D eigenvalue weighted by molar-refractivity contribution is 0.233. The number of rotatable bonds is 7. The third kappa shape index (κ3) is 3.72. The second kappa shape index (κ2) is 6.80. The van der Waals surface area contributed by atoms with Crippen molar-refractivity contribution in [2.45, 2.75) is 20.0 Å². The summed E-state index contributed by atoms with van der Waals surface area (Å²) in [6.07, 6.45) is 2.41. The molecule has 0 amide bonds. The highest BCUT2D eigenvalue weighted by atomic mass is 16.5. The van der Waals surface area contributed by atoms with Crippen molar-refractivity contribution in [2.24, 2.45) is 5.73 Å². The quantitative estimate of drug-likeness (QED) is 0.828. The first-order valence-corrected chi connectivity index (χ1v) is 6.31. The Kier molecular flexibility index (Phi) is 4.80. The third-order valence-corrected chi connectivity index (χ3v) is 2.60. The van der Waals surface area contributed by atoms with E-state index in [9.17, 15) is 0 Å². The Morgan fingerprint density at radius 1 is 1.21 bits per heavy atom. The van der Waals surface area contributed by atoms with Gasteiger partial charge in [0, 0.05) is 6.07 Å². The second-order valence-electron chi connectivity index (χ2n) is 4.02. The average molecular weight is 262 g/mol.